The smallest absolute Gasteiger partial charge is 0.276 e. The maximum Gasteiger partial charge on any atom is 0.276 e. The third-order valence-electron chi connectivity index (χ3n) is 4.21. The van der Waals surface area contributed by atoms with Gasteiger partial charge in [-0.2, -0.15) is 4.98 Å². The molecular weight excluding hydrogens is 408 g/mol. The zero-order valence-electron chi connectivity index (χ0n) is 14.4. The molecule has 1 fully saturated rings. The van der Waals surface area contributed by atoms with Crippen LogP contribution in [0.15, 0.2) is 31.7 Å². The Morgan fingerprint density at radius 1 is 1.30 bits per heavy atom. The fourth-order valence-corrected chi connectivity index (χ4v) is 6.13. The average molecular weight is 427 g/mol. The molecule has 1 aliphatic rings. The van der Waals surface area contributed by atoms with Gasteiger partial charge in [-0.1, -0.05) is 23.0 Å². The molecule has 0 radical (unpaired) electrons. The highest BCUT2D eigenvalue weighted by Crippen LogP contribution is 2.25. The van der Waals surface area contributed by atoms with Crippen LogP contribution in [-0.2, 0) is 22.7 Å². The highest BCUT2D eigenvalue weighted by molar-refractivity contribution is 7.99. The van der Waals surface area contributed by atoms with Gasteiger partial charge in [0, 0.05) is 18.6 Å². The van der Waals surface area contributed by atoms with Crippen LogP contribution < -0.4 is 0 Å². The monoisotopic (exact) mass is 426 g/mol. The van der Waals surface area contributed by atoms with Crippen LogP contribution in [0.5, 0.6) is 0 Å². The van der Waals surface area contributed by atoms with E-state index in [1.807, 2.05) is 17.5 Å². The number of aromatic nitrogens is 4. The number of sulfone groups is 1. The highest BCUT2D eigenvalue weighted by Gasteiger charge is 2.29. The van der Waals surface area contributed by atoms with Gasteiger partial charge in [0.15, 0.2) is 9.84 Å². The van der Waals surface area contributed by atoms with Crippen molar-refractivity contribution >= 4 is 32.9 Å². The van der Waals surface area contributed by atoms with Gasteiger partial charge in [0.2, 0.25) is 17.6 Å². The normalized spacial score (nSPS) is 18.9. The molecule has 8 nitrogen and oxygen atoms in total. The van der Waals surface area contributed by atoms with Crippen LogP contribution in [0.3, 0.4) is 0 Å². The fourth-order valence-electron chi connectivity index (χ4n) is 2.90. The SMILES string of the molecule is O=S1(=O)CCC(Cc2nnc(SCCCc3nc(-c4cccs4)no3)o2)C1. The van der Waals surface area contributed by atoms with Gasteiger partial charge >= 0.3 is 0 Å². The van der Waals surface area contributed by atoms with Crippen molar-refractivity contribution in [2.24, 2.45) is 5.92 Å². The summed E-state index contributed by atoms with van der Waals surface area (Å²) in [7, 11) is -2.88. The Bertz CT molecular complexity index is 981. The van der Waals surface area contributed by atoms with E-state index in [4.69, 9.17) is 8.94 Å². The third-order valence-corrected chi connectivity index (χ3v) is 7.82. The maximum absolute atomic E-state index is 11.5. The summed E-state index contributed by atoms with van der Waals surface area (Å²) in [6.45, 7) is 0. The van der Waals surface area contributed by atoms with Gasteiger partial charge in [0.05, 0.1) is 16.4 Å². The van der Waals surface area contributed by atoms with Gasteiger partial charge < -0.3 is 8.94 Å². The first-order valence-corrected chi connectivity index (χ1v) is 12.3. The van der Waals surface area contributed by atoms with Gasteiger partial charge in [0.25, 0.3) is 5.22 Å². The van der Waals surface area contributed by atoms with Crippen molar-refractivity contribution in [2.75, 3.05) is 17.3 Å². The van der Waals surface area contributed by atoms with Crippen LogP contribution in [-0.4, -0.2) is 46.0 Å². The molecule has 0 amide bonds. The lowest BCUT2D eigenvalue weighted by molar-refractivity contribution is 0.377. The lowest BCUT2D eigenvalue weighted by Gasteiger charge is -2.01. The number of nitrogens with zero attached hydrogens (tertiary/aromatic N) is 4. The molecule has 0 spiro atoms. The summed E-state index contributed by atoms with van der Waals surface area (Å²) in [4.78, 5) is 5.39. The van der Waals surface area contributed by atoms with Crippen molar-refractivity contribution in [1.82, 2.24) is 20.3 Å². The molecule has 3 aromatic heterocycles. The predicted molar refractivity (Wildman–Crippen MR) is 101 cm³/mol. The van der Waals surface area contributed by atoms with Gasteiger partial charge in [-0.3, -0.25) is 0 Å². The summed E-state index contributed by atoms with van der Waals surface area (Å²) >= 11 is 3.05. The molecule has 1 aliphatic heterocycles. The Morgan fingerprint density at radius 2 is 2.22 bits per heavy atom. The van der Waals surface area contributed by atoms with Crippen molar-refractivity contribution in [1.29, 1.82) is 0 Å². The maximum atomic E-state index is 11.5. The summed E-state index contributed by atoms with van der Waals surface area (Å²) in [5.74, 6) is 3.11. The Kier molecular flexibility index (Phi) is 5.60. The second-order valence-corrected chi connectivity index (χ2v) is 10.6. The Labute approximate surface area is 164 Å². The van der Waals surface area contributed by atoms with Crippen molar-refractivity contribution in [3.05, 3.63) is 29.3 Å². The van der Waals surface area contributed by atoms with Crippen molar-refractivity contribution in [2.45, 2.75) is 30.9 Å². The van der Waals surface area contributed by atoms with Gasteiger partial charge in [-0.05, 0) is 30.2 Å². The van der Waals surface area contributed by atoms with Crippen LogP contribution in [0, 0.1) is 5.92 Å². The molecule has 1 saturated heterocycles. The average Bonchev–Trinajstić information content (AvgIpc) is 3.40. The van der Waals surface area contributed by atoms with Gasteiger partial charge in [-0.15, -0.1) is 21.5 Å². The lowest BCUT2D eigenvalue weighted by atomic mass is 10.1. The fraction of sp³-hybridized carbons (Fsp3) is 0.500. The molecule has 3 aromatic rings. The van der Waals surface area contributed by atoms with Crippen molar-refractivity contribution < 1.29 is 17.4 Å². The minimum atomic E-state index is -2.88. The Hall–Kier alpha value is -1.72. The summed E-state index contributed by atoms with van der Waals surface area (Å²) in [5, 5.41) is 14.5. The van der Waals surface area contributed by atoms with Gasteiger partial charge in [0.1, 0.15) is 0 Å². The first kappa shape index (κ1) is 18.6. The second kappa shape index (κ2) is 8.11. The van der Waals surface area contributed by atoms with E-state index < -0.39 is 9.84 Å². The molecular formula is C16H18N4O4S3. The van der Waals surface area contributed by atoms with E-state index in [0.29, 0.717) is 42.1 Å². The summed E-state index contributed by atoms with van der Waals surface area (Å²) in [6.07, 6.45) is 2.73. The van der Waals surface area contributed by atoms with Crippen LogP contribution in [0.25, 0.3) is 10.7 Å². The predicted octanol–water partition coefficient (Wildman–Crippen LogP) is 2.88. The number of thioether (sulfide) groups is 1. The molecule has 27 heavy (non-hydrogen) atoms. The molecule has 1 atom stereocenters. The quantitative estimate of drug-likeness (QED) is 0.396. The zero-order chi connectivity index (χ0) is 18.7. The molecule has 144 valence electrons. The standard InChI is InChI=1S/C16H18N4O4S3/c21-27(22)8-5-11(10-27)9-14-18-19-16(23-14)26-7-2-4-13-17-15(20-24-13)12-3-1-6-25-12/h1,3,6,11H,2,4-5,7-10H2. The molecule has 11 heteroatoms. The Balaban J connectivity index is 1.20. The lowest BCUT2D eigenvalue weighted by Crippen LogP contribution is -2.07. The minimum Gasteiger partial charge on any atom is -0.416 e. The van der Waals surface area contributed by atoms with Crippen LogP contribution in [0.4, 0.5) is 0 Å². The van der Waals surface area contributed by atoms with E-state index in [1.165, 1.54) is 11.8 Å². The first-order chi connectivity index (χ1) is 13.1. The van der Waals surface area contributed by atoms with Crippen molar-refractivity contribution in [3.63, 3.8) is 0 Å². The minimum absolute atomic E-state index is 0.0865. The molecule has 0 saturated carbocycles. The number of hydrogen-bond acceptors (Lipinski definition) is 10. The number of aryl methyl sites for hydroxylation is 1. The summed E-state index contributed by atoms with van der Waals surface area (Å²) in [5.41, 5.74) is 0. The Morgan fingerprint density at radius 3 is 3.00 bits per heavy atom. The molecule has 0 N–H and O–H groups in total. The molecule has 1 unspecified atom stereocenters. The largest absolute Gasteiger partial charge is 0.416 e. The summed E-state index contributed by atoms with van der Waals surface area (Å²) < 4.78 is 33.9. The summed E-state index contributed by atoms with van der Waals surface area (Å²) in [6, 6.07) is 3.92. The van der Waals surface area contributed by atoms with E-state index >= 15 is 0 Å². The topological polar surface area (TPSA) is 112 Å². The third kappa shape index (κ3) is 4.96. The molecule has 4 heterocycles. The van der Waals surface area contributed by atoms with E-state index in [0.717, 1.165) is 17.1 Å². The van der Waals surface area contributed by atoms with Gasteiger partial charge in [-0.25, -0.2) is 8.42 Å². The van der Waals surface area contributed by atoms with Crippen LogP contribution >= 0.6 is 23.1 Å². The highest BCUT2D eigenvalue weighted by atomic mass is 32.2. The molecule has 0 aliphatic carbocycles. The molecule has 0 aromatic carbocycles. The molecule has 0 bridgehead atoms. The number of thiophene rings is 1. The van der Waals surface area contributed by atoms with E-state index in [2.05, 4.69) is 20.3 Å². The van der Waals surface area contributed by atoms with Crippen LogP contribution in [0.1, 0.15) is 24.6 Å². The van der Waals surface area contributed by atoms with E-state index in [-0.39, 0.29) is 17.4 Å². The van der Waals surface area contributed by atoms with Crippen LogP contribution in [0.2, 0.25) is 0 Å². The first-order valence-electron chi connectivity index (χ1n) is 8.59. The van der Waals surface area contributed by atoms with E-state index in [9.17, 15) is 8.42 Å². The number of rotatable bonds is 8. The zero-order valence-corrected chi connectivity index (χ0v) is 16.9. The second-order valence-electron chi connectivity index (χ2n) is 6.38. The molecule has 4 rings (SSSR count). The van der Waals surface area contributed by atoms with E-state index in [1.54, 1.807) is 11.3 Å². The van der Waals surface area contributed by atoms with Crippen molar-refractivity contribution in [3.8, 4) is 10.7 Å². The number of hydrogen-bond donors (Lipinski definition) is 0.